The highest BCUT2D eigenvalue weighted by Gasteiger charge is 2.26. The summed E-state index contributed by atoms with van der Waals surface area (Å²) in [4.78, 5) is 4.55. The topological polar surface area (TPSA) is 39.6 Å². The predicted octanol–water partition coefficient (Wildman–Crippen LogP) is 2.84. The maximum absolute atomic E-state index is 8.26. The number of hydrogen-bond donors (Lipinski definition) is 1. The largest absolute Gasteiger partial charge is 0.497 e. The summed E-state index contributed by atoms with van der Waals surface area (Å²) >= 11 is 0. The van der Waals surface area contributed by atoms with E-state index < -0.39 is 0 Å². The van der Waals surface area contributed by atoms with Crippen molar-refractivity contribution in [2.75, 3.05) is 38.2 Å². The molecule has 1 aromatic carbocycles. The molecule has 0 unspecified atom stereocenters. The summed E-state index contributed by atoms with van der Waals surface area (Å²) < 4.78 is 5.28. The first-order chi connectivity index (χ1) is 9.41. The van der Waals surface area contributed by atoms with Gasteiger partial charge in [0, 0.05) is 43.3 Å². The van der Waals surface area contributed by atoms with Gasteiger partial charge in [0.25, 0.3) is 0 Å². The maximum atomic E-state index is 8.26. The quantitative estimate of drug-likeness (QED) is 0.666. The maximum Gasteiger partial charge on any atom is 0.120 e. The molecule has 0 bridgehead atoms. The van der Waals surface area contributed by atoms with Crippen LogP contribution in [0.1, 0.15) is 20.8 Å². The van der Waals surface area contributed by atoms with E-state index in [-0.39, 0.29) is 5.41 Å². The van der Waals surface area contributed by atoms with Gasteiger partial charge in [0.15, 0.2) is 0 Å². The zero-order valence-corrected chi connectivity index (χ0v) is 12.9. The van der Waals surface area contributed by atoms with Crippen LogP contribution < -0.4 is 9.64 Å². The van der Waals surface area contributed by atoms with Crippen LogP contribution >= 0.6 is 0 Å². The van der Waals surface area contributed by atoms with E-state index in [1.165, 1.54) is 5.69 Å². The van der Waals surface area contributed by atoms with Gasteiger partial charge in [-0.25, -0.2) is 0 Å². The fraction of sp³-hybridized carbons (Fsp3) is 0.562. The van der Waals surface area contributed by atoms with Crippen LogP contribution in [0.15, 0.2) is 24.3 Å². The van der Waals surface area contributed by atoms with Crippen LogP contribution in [0.5, 0.6) is 5.75 Å². The first kappa shape index (κ1) is 14.7. The Morgan fingerprint density at radius 2 is 1.80 bits per heavy atom. The fourth-order valence-corrected chi connectivity index (χ4v) is 2.47. The molecule has 1 aliphatic rings. The normalized spacial score (nSPS) is 16.2. The molecular formula is C16H25N3O. The second kappa shape index (κ2) is 5.73. The smallest absolute Gasteiger partial charge is 0.120 e. The van der Waals surface area contributed by atoms with Crippen LogP contribution in [-0.2, 0) is 0 Å². The summed E-state index contributed by atoms with van der Waals surface area (Å²) in [7, 11) is 1.70. The SMILES string of the molecule is COc1cccc(N2CCN(C(=N)C(C)(C)C)CC2)c1. The summed E-state index contributed by atoms with van der Waals surface area (Å²) in [5, 5.41) is 8.26. The number of piperazine rings is 1. The number of nitrogens with one attached hydrogen (secondary N) is 1. The average Bonchev–Trinajstić information content (AvgIpc) is 2.46. The molecule has 20 heavy (non-hydrogen) atoms. The summed E-state index contributed by atoms with van der Waals surface area (Å²) in [6.45, 7) is 10.0. The second-order valence-corrected chi connectivity index (χ2v) is 6.27. The van der Waals surface area contributed by atoms with Crippen molar-refractivity contribution in [1.82, 2.24) is 4.90 Å². The Balaban J connectivity index is 1.99. The molecule has 1 heterocycles. The number of nitrogens with zero attached hydrogens (tertiary/aromatic N) is 2. The summed E-state index contributed by atoms with van der Waals surface area (Å²) in [5.41, 5.74) is 1.13. The zero-order valence-electron chi connectivity index (χ0n) is 12.9. The second-order valence-electron chi connectivity index (χ2n) is 6.27. The van der Waals surface area contributed by atoms with Crippen LogP contribution in [0.4, 0.5) is 5.69 Å². The van der Waals surface area contributed by atoms with Gasteiger partial charge in [-0.2, -0.15) is 0 Å². The van der Waals surface area contributed by atoms with E-state index in [0.717, 1.165) is 37.8 Å². The van der Waals surface area contributed by atoms with Crippen molar-refractivity contribution < 1.29 is 4.74 Å². The third kappa shape index (κ3) is 3.24. The third-order valence-electron chi connectivity index (χ3n) is 3.72. The van der Waals surface area contributed by atoms with Gasteiger partial charge in [-0.3, -0.25) is 5.41 Å². The molecule has 0 spiro atoms. The molecule has 0 atom stereocenters. The molecule has 2 rings (SSSR count). The third-order valence-corrected chi connectivity index (χ3v) is 3.72. The molecule has 1 fully saturated rings. The summed E-state index contributed by atoms with van der Waals surface area (Å²) in [6.07, 6.45) is 0. The molecule has 110 valence electrons. The Bertz CT molecular complexity index is 471. The van der Waals surface area contributed by atoms with Gasteiger partial charge < -0.3 is 14.5 Å². The number of hydrogen-bond acceptors (Lipinski definition) is 3. The molecule has 1 N–H and O–H groups in total. The summed E-state index contributed by atoms with van der Waals surface area (Å²) in [5.74, 6) is 1.63. The zero-order chi connectivity index (χ0) is 14.8. The minimum Gasteiger partial charge on any atom is -0.497 e. The van der Waals surface area contributed by atoms with Gasteiger partial charge in [-0.1, -0.05) is 26.8 Å². The van der Waals surface area contributed by atoms with Crippen molar-refractivity contribution in [3.63, 3.8) is 0 Å². The van der Waals surface area contributed by atoms with E-state index in [2.05, 4.69) is 42.7 Å². The number of amidine groups is 1. The Labute approximate surface area is 121 Å². The molecule has 0 radical (unpaired) electrons. The Hall–Kier alpha value is -1.71. The van der Waals surface area contributed by atoms with Crippen molar-refractivity contribution in [3.05, 3.63) is 24.3 Å². The van der Waals surface area contributed by atoms with Gasteiger partial charge >= 0.3 is 0 Å². The molecule has 4 nitrogen and oxygen atoms in total. The number of ether oxygens (including phenoxy) is 1. The lowest BCUT2D eigenvalue weighted by Crippen LogP contribution is -2.51. The van der Waals surface area contributed by atoms with Gasteiger partial charge in [0.1, 0.15) is 11.6 Å². The molecule has 4 heteroatoms. The Morgan fingerprint density at radius 1 is 1.15 bits per heavy atom. The van der Waals surface area contributed by atoms with Crippen molar-refractivity contribution >= 4 is 11.5 Å². The highest BCUT2D eigenvalue weighted by Crippen LogP contribution is 2.24. The standard InChI is InChI=1S/C16H25N3O/c1-16(2,3)15(17)19-10-8-18(9-11-19)13-6-5-7-14(12-13)20-4/h5-7,12,17H,8-11H2,1-4H3. The molecule has 0 saturated carbocycles. The fourth-order valence-electron chi connectivity index (χ4n) is 2.47. The predicted molar refractivity (Wildman–Crippen MR) is 84.0 cm³/mol. The molecule has 0 aromatic heterocycles. The highest BCUT2D eigenvalue weighted by atomic mass is 16.5. The minimum absolute atomic E-state index is 0.0713. The van der Waals surface area contributed by atoms with E-state index in [1.807, 2.05) is 12.1 Å². The Kier molecular flexibility index (Phi) is 4.21. The monoisotopic (exact) mass is 275 g/mol. The van der Waals surface area contributed by atoms with Gasteiger partial charge in [0.2, 0.25) is 0 Å². The van der Waals surface area contributed by atoms with Crippen molar-refractivity contribution in [3.8, 4) is 5.75 Å². The number of anilines is 1. The minimum atomic E-state index is -0.0713. The lowest BCUT2D eigenvalue weighted by Gasteiger charge is -2.40. The Morgan fingerprint density at radius 3 is 2.35 bits per heavy atom. The van der Waals surface area contributed by atoms with Crippen molar-refractivity contribution in [1.29, 1.82) is 5.41 Å². The van der Waals surface area contributed by atoms with Crippen molar-refractivity contribution in [2.24, 2.45) is 5.41 Å². The van der Waals surface area contributed by atoms with Gasteiger partial charge in [0.05, 0.1) is 7.11 Å². The van der Waals surface area contributed by atoms with Crippen molar-refractivity contribution in [2.45, 2.75) is 20.8 Å². The van der Waals surface area contributed by atoms with Crippen LogP contribution in [-0.4, -0.2) is 44.0 Å². The van der Waals surface area contributed by atoms with E-state index in [1.54, 1.807) is 7.11 Å². The summed E-state index contributed by atoms with van der Waals surface area (Å²) in [6, 6.07) is 8.19. The number of methoxy groups -OCH3 is 1. The van der Waals surface area contributed by atoms with E-state index >= 15 is 0 Å². The van der Waals surface area contributed by atoms with Gasteiger partial charge in [-0.05, 0) is 12.1 Å². The lowest BCUT2D eigenvalue weighted by atomic mass is 9.93. The van der Waals surface area contributed by atoms with Crippen LogP contribution in [0.2, 0.25) is 0 Å². The number of benzene rings is 1. The van der Waals surface area contributed by atoms with E-state index in [4.69, 9.17) is 10.1 Å². The van der Waals surface area contributed by atoms with Gasteiger partial charge in [-0.15, -0.1) is 0 Å². The number of rotatable bonds is 2. The van der Waals surface area contributed by atoms with Crippen LogP contribution in [0.3, 0.4) is 0 Å². The molecule has 0 aliphatic carbocycles. The van der Waals surface area contributed by atoms with Crippen LogP contribution in [0, 0.1) is 10.8 Å². The van der Waals surface area contributed by atoms with E-state index in [0.29, 0.717) is 0 Å². The molecular weight excluding hydrogens is 250 g/mol. The molecule has 0 amide bonds. The first-order valence-electron chi connectivity index (χ1n) is 7.15. The lowest BCUT2D eigenvalue weighted by molar-refractivity contribution is 0.343. The van der Waals surface area contributed by atoms with Crippen LogP contribution in [0.25, 0.3) is 0 Å². The van der Waals surface area contributed by atoms with E-state index in [9.17, 15) is 0 Å². The molecule has 1 saturated heterocycles. The first-order valence-corrected chi connectivity index (χ1v) is 7.15. The molecule has 1 aliphatic heterocycles. The average molecular weight is 275 g/mol. The molecule has 1 aromatic rings. The highest BCUT2D eigenvalue weighted by molar-refractivity contribution is 5.84.